The normalized spacial score (nSPS) is 19.5. The Morgan fingerprint density at radius 2 is 2.50 bits per heavy atom. The molecule has 0 radical (unpaired) electrons. The molecule has 2 rings (SSSR count). The van der Waals surface area contributed by atoms with E-state index in [2.05, 4.69) is 15.0 Å². The van der Waals surface area contributed by atoms with Crippen LogP contribution >= 0.6 is 34.9 Å². The number of hydrogen-bond acceptors (Lipinski definition) is 7. The lowest BCUT2D eigenvalue weighted by Gasteiger charge is -2.20. The molecule has 0 aliphatic carbocycles. The first-order valence-corrected chi connectivity index (χ1v) is 8.80. The number of methoxy groups -OCH3 is 1. The molecule has 1 aliphatic heterocycles. The molecule has 0 spiro atoms. The number of ether oxygens (including phenoxy) is 1. The van der Waals surface area contributed by atoms with E-state index >= 15 is 0 Å². The van der Waals surface area contributed by atoms with E-state index in [9.17, 15) is 4.79 Å². The molecule has 1 atom stereocenters. The fourth-order valence-electron chi connectivity index (χ4n) is 1.55. The predicted octanol–water partition coefficient (Wildman–Crippen LogP) is 2.12. The van der Waals surface area contributed by atoms with E-state index in [1.807, 2.05) is 28.9 Å². The minimum atomic E-state index is -0.244. The van der Waals surface area contributed by atoms with Crippen LogP contribution in [0.5, 0.6) is 0 Å². The third-order valence-electron chi connectivity index (χ3n) is 2.47. The van der Waals surface area contributed by atoms with Gasteiger partial charge in [-0.25, -0.2) is 4.98 Å². The van der Waals surface area contributed by atoms with E-state index < -0.39 is 0 Å². The minimum Gasteiger partial charge on any atom is -0.469 e. The maximum Gasteiger partial charge on any atom is 0.311 e. The molecule has 2 heterocycles. The van der Waals surface area contributed by atoms with Crippen LogP contribution in [0.15, 0.2) is 5.38 Å². The average Bonchev–Trinajstić information content (AvgIpc) is 2.85. The van der Waals surface area contributed by atoms with E-state index in [0.29, 0.717) is 5.25 Å². The number of thioether (sulfide) groups is 2. The van der Waals surface area contributed by atoms with Gasteiger partial charge in [0.2, 0.25) is 0 Å². The highest BCUT2D eigenvalue weighted by Crippen LogP contribution is 2.25. The SMILES string of the molecule is COC(=O)Cc1csc(NCC2CSCCS2)n1. The summed E-state index contributed by atoms with van der Waals surface area (Å²) in [5.74, 6) is 3.47. The Hall–Kier alpha value is -0.400. The number of carbonyl (C=O) groups excluding carboxylic acids is 1. The molecule has 1 fully saturated rings. The standard InChI is InChI=1S/C11H16N2O2S3/c1-15-10(14)4-8-6-18-11(13-8)12-5-9-7-16-2-3-17-9/h6,9H,2-5,7H2,1H3,(H,12,13). The van der Waals surface area contributed by atoms with Gasteiger partial charge in [0.25, 0.3) is 0 Å². The number of anilines is 1. The number of hydrogen-bond donors (Lipinski definition) is 1. The molecule has 1 aromatic heterocycles. The molecule has 0 saturated carbocycles. The lowest BCUT2D eigenvalue weighted by molar-refractivity contribution is -0.139. The number of thiazole rings is 1. The minimum absolute atomic E-state index is 0.244. The fraction of sp³-hybridized carbons (Fsp3) is 0.636. The third-order valence-corrected chi connectivity index (χ3v) is 6.16. The lowest BCUT2D eigenvalue weighted by atomic mass is 10.3. The van der Waals surface area contributed by atoms with Gasteiger partial charge in [-0.15, -0.1) is 11.3 Å². The van der Waals surface area contributed by atoms with Crippen LogP contribution in [0.3, 0.4) is 0 Å². The second-order valence-electron chi connectivity index (χ2n) is 3.85. The van der Waals surface area contributed by atoms with E-state index in [4.69, 9.17) is 0 Å². The van der Waals surface area contributed by atoms with E-state index in [0.717, 1.165) is 17.4 Å². The molecule has 0 amide bonds. The maximum atomic E-state index is 11.1. The molecule has 1 N–H and O–H groups in total. The van der Waals surface area contributed by atoms with Gasteiger partial charge in [-0.3, -0.25) is 4.79 Å². The van der Waals surface area contributed by atoms with Crippen molar-refractivity contribution in [2.24, 2.45) is 0 Å². The van der Waals surface area contributed by atoms with Crippen molar-refractivity contribution >= 4 is 46.0 Å². The van der Waals surface area contributed by atoms with E-state index in [-0.39, 0.29) is 12.4 Å². The molecule has 4 nitrogen and oxygen atoms in total. The summed E-state index contributed by atoms with van der Waals surface area (Å²) in [6.45, 7) is 0.947. The quantitative estimate of drug-likeness (QED) is 0.841. The zero-order valence-corrected chi connectivity index (χ0v) is 12.6. The van der Waals surface area contributed by atoms with Crippen molar-refractivity contribution in [2.75, 3.05) is 36.2 Å². The second kappa shape index (κ2) is 7.25. The third kappa shape index (κ3) is 4.37. The van der Waals surface area contributed by atoms with Crippen molar-refractivity contribution < 1.29 is 9.53 Å². The van der Waals surface area contributed by atoms with Gasteiger partial charge in [-0.1, -0.05) is 0 Å². The zero-order valence-electron chi connectivity index (χ0n) is 10.2. The highest BCUT2D eigenvalue weighted by atomic mass is 32.2. The van der Waals surface area contributed by atoms with E-state index in [1.165, 1.54) is 24.4 Å². The summed E-state index contributed by atoms with van der Waals surface area (Å²) in [6.07, 6.45) is 0.253. The highest BCUT2D eigenvalue weighted by Gasteiger charge is 2.14. The van der Waals surface area contributed by atoms with Crippen LogP contribution in [-0.4, -0.2) is 47.1 Å². The number of aromatic nitrogens is 1. The topological polar surface area (TPSA) is 51.2 Å². The smallest absolute Gasteiger partial charge is 0.311 e. The first-order valence-electron chi connectivity index (χ1n) is 5.72. The monoisotopic (exact) mass is 304 g/mol. The summed E-state index contributed by atoms with van der Waals surface area (Å²) in [6, 6.07) is 0. The van der Waals surface area contributed by atoms with Gasteiger partial charge < -0.3 is 10.1 Å². The zero-order chi connectivity index (χ0) is 12.8. The van der Waals surface area contributed by atoms with Crippen molar-refractivity contribution in [3.05, 3.63) is 11.1 Å². The van der Waals surface area contributed by atoms with Crippen molar-refractivity contribution in [3.8, 4) is 0 Å². The Morgan fingerprint density at radius 3 is 3.22 bits per heavy atom. The van der Waals surface area contributed by atoms with Gasteiger partial charge in [0.1, 0.15) is 0 Å². The molecular weight excluding hydrogens is 288 g/mol. The number of nitrogens with one attached hydrogen (secondary N) is 1. The van der Waals surface area contributed by atoms with Crippen molar-refractivity contribution in [1.82, 2.24) is 4.98 Å². The largest absolute Gasteiger partial charge is 0.469 e. The Kier molecular flexibility index (Phi) is 5.65. The van der Waals surface area contributed by atoms with Gasteiger partial charge in [0.05, 0.1) is 19.2 Å². The Morgan fingerprint density at radius 1 is 1.61 bits per heavy atom. The molecule has 1 saturated heterocycles. The molecule has 1 aromatic rings. The number of carbonyl (C=O) groups is 1. The Labute approximate surface area is 119 Å². The molecular formula is C11H16N2O2S3. The van der Waals surface area contributed by atoms with Crippen LogP contribution in [0.4, 0.5) is 5.13 Å². The summed E-state index contributed by atoms with van der Waals surface area (Å²) in [4.78, 5) is 15.5. The van der Waals surface area contributed by atoms with Gasteiger partial charge >= 0.3 is 5.97 Å². The Balaban J connectivity index is 1.77. The molecule has 7 heteroatoms. The van der Waals surface area contributed by atoms with Crippen LogP contribution in [0.25, 0.3) is 0 Å². The van der Waals surface area contributed by atoms with E-state index in [1.54, 1.807) is 11.3 Å². The summed E-state index contributed by atoms with van der Waals surface area (Å²) in [5, 5.41) is 6.81. The van der Waals surface area contributed by atoms with Crippen molar-refractivity contribution in [3.63, 3.8) is 0 Å². The van der Waals surface area contributed by atoms with Crippen LogP contribution < -0.4 is 5.32 Å². The van der Waals surface area contributed by atoms with Crippen LogP contribution in [0.1, 0.15) is 5.69 Å². The molecule has 18 heavy (non-hydrogen) atoms. The van der Waals surface area contributed by atoms with Crippen LogP contribution in [0.2, 0.25) is 0 Å². The molecule has 1 unspecified atom stereocenters. The second-order valence-corrected chi connectivity index (χ2v) is 7.26. The molecule has 100 valence electrons. The fourth-order valence-corrected chi connectivity index (χ4v) is 4.88. The van der Waals surface area contributed by atoms with Crippen LogP contribution in [0, 0.1) is 0 Å². The number of rotatable bonds is 5. The van der Waals surface area contributed by atoms with Gasteiger partial charge in [-0.05, 0) is 0 Å². The molecule has 1 aliphatic rings. The molecule has 0 bridgehead atoms. The number of esters is 1. The van der Waals surface area contributed by atoms with Gasteiger partial charge in [0.15, 0.2) is 5.13 Å². The van der Waals surface area contributed by atoms with Gasteiger partial charge in [-0.2, -0.15) is 23.5 Å². The first kappa shape index (κ1) is 14.0. The summed E-state index contributed by atoms with van der Waals surface area (Å²) < 4.78 is 4.62. The van der Waals surface area contributed by atoms with Crippen molar-refractivity contribution in [1.29, 1.82) is 0 Å². The lowest BCUT2D eigenvalue weighted by Crippen LogP contribution is -2.23. The Bertz CT molecular complexity index is 391. The first-order chi connectivity index (χ1) is 8.78. The summed E-state index contributed by atoms with van der Waals surface area (Å²) >= 11 is 5.58. The van der Waals surface area contributed by atoms with Gasteiger partial charge in [0, 0.05) is 34.4 Å². The molecule has 0 aromatic carbocycles. The summed E-state index contributed by atoms with van der Waals surface area (Å²) in [5.41, 5.74) is 0.778. The van der Waals surface area contributed by atoms with Crippen LogP contribution in [-0.2, 0) is 16.0 Å². The predicted molar refractivity (Wildman–Crippen MR) is 79.9 cm³/mol. The highest BCUT2D eigenvalue weighted by molar-refractivity contribution is 8.06. The average molecular weight is 304 g/mol. The summed E-state index contributed by atoms with van der Waals surface area (Å²) in [7, 11) is 1.39. The maximum absolute atomic E-state index is 11.1. The number of nitrogens with zero attached hydrogens (tertiary/aromatic N) is 1. The van der Waals surface area contributed by atoms with Crippen molar-refractivity contribution in [2.45, 2.75) is 11.7 Å².